The highest BCUT2D eigenvalue weighted by Gasteiger charge is 2.18. The van der Waals surface area contributed by atoms with Crippen LogP contribution in [-0.4, -0.2) is 36.0 Å². The molecule has 1 aromatic carbocycles. The number of thioether (sulfide) groups is 1. The minimum Gasteiger partial charge on any atom is -0.353 e. The van der Waals surface area contributed by atoms with Crippen molar-refractivity contribution in [1.29, 1.82) is 0 Å². The Hall–Kier alpha value is -1.000. The number of rotatable bonds is 8. The molecule has 2 atom stereocenters. The van der Waals surface area contributed by atoms with Gasteiger partial charge in [0.2, 0.25) is 5.91 Å². The molecule has 0 radical (unpaired) electrons. The summed E-state index contributed by atoms with van der Waals surface area (Å²) in [6, 6.07) is 11.2. The minimum atomic E-state index is 0.200. The van der Waals surface area contributed by atoms with Crippen LogP contribution in [0.2, 0.25) is 0 Å². The molecule has 1 aliphatic rings. The summed E-state index contributed by atoms with van der Waals surface area (Å²) in [5.41, 5.74) is 1.35. The second-order valence-corrected chi connectivity index (χ2v) is 7.16. The molecule has 2 N–H and O–H groups in total. The van der Waals surface area contributed by atoms with Crippen molar-refractivity contribution < 1.29 is 4.79 Å². The zero-order valence-electron chi connectivity index (χ0n) is 13.5. The molecule has 0 aliphatic carbocycles. The summed E-state index contributed by atoms with van der Waals surface area (Å²) < 4.78 is 0. The van der Waals surface area contributed by atoms with Gasteiger partial charge in [0.1, 0.15) is 0 Å². The molecule has 1 aromatic rings. The van der Waals surface area contributed by atoms with Crippen LogP contribution in [0.25, 0.3) is 0 Å². The van der Waals surface area contributed by atoms with Crippen LogP contribution in [0.1, 0.15) is 38.2 Å². The van der Waals surface area contributed by atoms with Gasteiger partial charge in [0.25, 0.3) is 0 Å². The van der Waals surface area contributed by atoms with E-state index in [0.717, 1.165) is 43.7 Å². The second kappa shape index (κ2) is 9.90. The minimum absolute atomic E-state index is 0.200. The molecule has 122 valence electrons. The van der Waals surface area contributed by atoms with Gasteiger partial charge in [-0.3, -0.25) is 4.79 Å². The normalized spacial score (nSPS) is 19.6. The molecule has 2 unspecified atom stereocenters. The predicted molar refractivity (Wildman–Crippen MR) is 95.3 cm³/mol. The van der Waals surface area contributed by atoms with Crippen molar-refractivity contribution >= 4 is 17.7 Å². The Morgan fingerprint density at radius 3 is 2.86 bits per heavy atom. The first-order valence-corrected chi connectivity index (χ1v) is 9.57. The van der Waals surface area contributed by atoms with E-state index in [9.17, 15) is 4.79 Å². The molecule has 0 bridgehead atoms. The third-order valence-corrected chi connectivity index (χ3v) is 5.19. The predicted octanol–water partition coefficient (Wildman–Crippen LogP) is 3.00. The monoisotopic (exact) mass is 320 g/mol. The number of aryl methyl sites for hydroxylation is 1. The van der Waals surface area contributed by atoms with Crippen LogP contribution in [0.5, 0.6) is 0 Å². The first kappa shape index (κ1) is 17.4. The summed E-state index contributed by atoms with van der Waals surface area (Å²) in [6.45, 7) is 3.20. The van der Waals surface area contributed by atoms with Gasteiger partial charge < -0.3 is 10.6 Å². The van der Waals surface area contributed by atoms with E-state index in [4.69, 9.17) is 0 Å². The highest BCUT2D eigenvalue weighted by atomic mass is 32.2. The summed E-state index contributed by atoms with van der Waals surface area (Å²) in [7, 11) is 0. The van der Waals surface area contributed by atoms with Gasteiger partial charge in [0.15, 0.2) is 0 Å². The van der Waals surface area contributed by atoms with Gasteiger partial charge in [-0.2, -0.15) is 11.8 Å². The van der Waals surface area contributed by atoms with Gasteiger partial charge >= 0.3 is 0 Å². The molecule has 1 saturated heterocycles. The molecular weight excluding hydrogens is 292 g/mol. The highest BCUT2D eigenvalue weighted by Crippen LogP contribution is 2.12. The van der Waals surface area contributed by atoms with E-state index < -0.39 is 0 Å². The molecule has 3 nitrogen and oxygen atoms in total. The lowest BCUT2D eigenvalue weighted by atomic mass is 10.0. The molecule has 1 fully saturated rings. The smallest absolute Gasteiger partial charge is 0.221 e. The van der Waals surface area contributed by atoms with Crippen molar-refractivity contribution in [1.82, 2.24) is 10.6 Å². The second-order valence-electron chi connectivity index (χ2n) is 6.01. The van der Waals surface area contributed by atoms with E-state index in [1.807, 2.05) is 17.8 Å². The SMILES string of the molecule is CCCC(CCc1ccccc1)NC(=O)CC1CSCCN1. The average molecular weight is 321 g/mol. The molecule has 22 heavy (non-hydrogen) atoms. The largest absolute Gasteiger partial charge is 0.353 e. The van der Waals surface area contributed by atoms with E-state index in [2.05, 4.69) is 41.8 Å². The molecule has 2 rings (SSSR count). The summed E-state index contributed by atoms with van der Waals surface area (Å²) in [4.78, 5) is 12.2. The van der Waals surface area contributed by atoms with Crippen LogP contribution in [0.15, 0.2) is 30.3 Å². The number of carbonyl (C=O) groups excluding carboxylic acids is 1. The van der Waals surface area contributed by atoms with Crippen molar-refractivity contribution in [2.24, 2.45) is 0 Å². The van der Waals surface area contributed by atoms with E-state index in [-0.39, 0.29) is 5.91 Å². The van der Waals surface area contributed by atoms with E-state index >= 15 is 0 Å². The number of nitrogens with one attached hydrogen (secondary N) is 2. The van der Waals surface area contributed by atoms with Crippen molar-refractivity contribution in [3.8, 4) is 0 Å². The van der Waals surface area contributed by atoms with Gasteiger partial charge in [-0.25, -0.2) is 0 Å². The Kier molecular flexibility index (Phi) is 7.81. The molecular formula is C18H28N2OS. The zero-order chi connectivity index (χ0) is 15.6. The first-order chi connectivity index (χ1) is 10.8. The third-order valence-electron chi connectivity index (χ3n) is 4.06. The topological polar surface area (TPSA) is 41.1 Å². The van der Waals surface area contributed by atoms with Gasteiger partial charge in [0.05, 0.1) is 0 Å². The third kappa shape index (κ3) is 6.41. The Morgan fingerprint density at radius 2 is 2.18 bits per heavy atom. The lowest BCUT2D eigenvalue weighted by Crippen LogP contribution is -2.43. The number of hydrogen-bond acceptors (Lipinski definition) is 3. The van der Waals surface area contributed by atoms with Crippen LogP contribution in [0, 0.1) is 0 Å². The molecule has 0 spiro atoms. The van der Waals surface area contributed by atoms with Crippen molar-refractivity contribution in [2.75, 3.05) is 18.1 Å². The fourth-order valence-corrected chi connectivity index (χ4v) is 3.83. The van der Waals surface area contributed by atoms with Crippen molar-refractivity contribution in [2.45, 2.75) is 51.1 Å². The lowest BCUT2D eigenvalue weighted by Gasteiger charge is -2.24. The van der Waals surface area contributed by atoms with Gasteiger partial charge in [0, 0.05) is 36.6 Å². The molecule has 0 saturated carbocycles. The lowest BCUT2D eigenvalue weighted by molar-refractivity contribution is -0.122. The van der Waals surface area contributed by atoms with Gasteiger partial charge in [-0.15, -0.1) is 0 Å². The summed E-state index contributed by atoms with van der Waals surface area (Å²) in [5.74, 6) is 2.41. The van der Waals surface area contributed by atoms with Crippen molar-refractivity contribution in [3.63, 3.8) is 0 Å². The number of benzene rings is 1. The Balaban J connectivity index is 1.75. The number of amides is 1. The maximum absolute atomic E-state index is 12.2. The Bertz CT molecular complexity index is 432. The zero-order valence-corrected chi connectivity index (χ0v) is 14.3. The van der Waals surface area contributed by atoms with Crippen LogP contribution >= 0.6 is 11.8 Å². The van der Waals surface area contributed by atoms with Gasteiger partial charge in [-0.1, -0.05) is 43.7 Å². The maximum Gasteiger partial charge on any atom is 0.221 e. The van der Waals surface area contributed by atoms with E-state index in [0.29, 0.717) is 18.5 Å². The number of hydrogen-bond donors (Lipinski definition) is 2. The molecule has 1 heterocycles. The molecule has 1 aliphatic heterocycles. The van der Waals surface area contributed by atoms with E-state index in [1.165, 1.54) is 5.56 Å². The maximum atomic E-state index is 12.2. The molecule has 1 amide bonds. The average Bonchev–Trinajstić information content (AvgIpc) is 2.55. The van der Waals surface area contributed by atoms with Crippen LogP contribution < -0.4 is 10.6 Å². The fourth-order valence-electron chi connectivity index (χ4n) is 2.88. The van der Waals surface area contributed by atoms with Crippen molar-refractivity contribution in [3.05, 3.63) is 35.9 Å². The Labute approximate surface area is 138 Å². The number of carbonyl (C=O) groups is 1. The fraction of sp³-hybridized carbons (Fsp3) is 0.611. The molecule has 0 aromatic heterocycles. The van der Waals surface area contributed by atoms with Crippen LogP contribution in [0.3, 0.4) is 0 Å². The summed E-state index contributed by atoms with van der Waals surface area (Å²) in [6.07, 6.45) is 4.83. The van der Waals surface area contributed by atoms with Crippen LogP contribution in [0.4, 0.5) is 0 Å². The first-order valence-electron chi connectivity index (χ1n) is 8.42. The Morgan fingerprint density at radius 1 is 1.36 bits per heavy atom. The molecule has 4 heteroatoms. The standard InChI is InChI=1S/C18H28N2OS/c1-2-6-16(10-9-15-7-4-3-5-8-15)20-18(21)13-17-14-22-12-11-19-17/h3-5,7-8,16-17,19H,2,6,9-14H2,1H3,(H,20,21). The summed E-state index contributed by atoms with van der Waals surface area (Å²) in [5, 5.41) is 6.68. The highest BCUT2D eigenvalue weighted by molar-refractivity contribution is 7.99. The summed E-state index contributed by atoms with van der Waals surface area (Å²) >= 11 is 1.94. The quantitative estimate of drug-likeness (QED) is 0.774. The van der Waals surface area contributed by atoms with Gasteiger partial charge in [-0.05, 0) is 24.8 Å². The van der Waals surface area contributed by atoms with E-state index in [1.54, 1.807) is 0 Å². The van der Waals surface area contributed by atoms with Crippen LogP contribution in [-0.2, 0) is 11.2 Å².